The van der Waals surface area contributed by atoms with E-state index in [1.165, 1.54) is 4.90 Å². The van der Waals surface area contributed by atoms with Gasteiger partial charge < -0.3 is 14.3 Å². The van der Waals surface area contributed by atoms with Crippen LogP contribution in [0.15, 0.2) is 75.1 Å². The summed E-state index contributed by atoms with van der Waals surface area (Å²) in [5.74, 6) is 0.134. The quantitative estimate of drug-likeness (QED) is 0.250. The van der Waals surface area contributed by atoms with Crippen molar-refractivity contribution in [2.75, 3.05) is 11.5 Å². The van der Waals surface area contributed by atoms with Gasteiger partial charge in [-0.15, -0.1) is 0 Å². The molecule has 1 saturated heterocycles. The van der Waals surface area contributed by atoms with Gasteiger partial charge in [-0.05, 0) is 55.3 Å². The lowest BCUT2D eigenvalue weighted by molar-refractivity contribution is -0.132. The van der Waals surface area contributed by atoms with Crippen molar-refractivity contribution >= 4 is 39.1 Å². The third kappa shape index (κ3) is 4.59. The van der Waals surface area contributed by atoms with Crippen LogP contribution in [0.1, 0.15) is 37.0 Å². The van der Waals surface area contributed by atoms with Gasteiger partial charge in [0.05, 0.1) is 12.2 Å². The van der Waals surface area contributed by atoms with E-state index in [9.17, 15) is 14.7 Å². The number of carbonyl (C=O) groups is 2. The zero-order valence-electron chi connectivity index (χ0n) is 18.5. The topological polar surface area (TPSA) is 80.0 Å². The van der Waals surface area contributed by atoms with Gasteiger partial charge in [0.2, 0.25) is 0 Å². The number of halogens is 1. The normalized spacial score (nSPS) is 17.7. The van der Waals surface area contributed by atoms with E-state index in [-0.39, 0.29) is 11.3 Å². The molecule has 0 aliphatic carbocycles. The second kappa shape index (κ2) is 9.27. The van der Waals surface area contributed by atoms with Gasteiger partial charge in [-0.25, -0.2) is 0 Å². The highest BCUT2D eigenvalue weighted by atomic mass is 79.9. The van der Waals surface area contributed by atoms with E-state index in [2.05, 4.69) is 15.9 Å². The summed E-state index contributed by atoms with van der Waals surface area (Å²) in [4.78, 5) is 27.7. The molecule has 0 saturated carbocycles. The second-order valence-corrected chi connectivity index (χ2v) is 9.25. The van der Waals surface area contributed by atoms with Gasteiger partial charge in [0, 0.05) is 15.7 Å². The van der Waals surface area contributed by atoms with Crippen molar-refractivity contribution in [1.29, 1.82) is 0 Å². The number of aliphatic hydroxyl groups is 1. The number of hydrogen-bond acceptors (Lipinski definition) is 5. The van der Waals surface area contributed by atoms with Crippen LogP contribution >= 0.6 is 15.9 Å². The summed E-state index contributed by atoms with van der Waals surface area (Å²) in [5, 5.41) is 11.2. The number of rotatable bonds is 6. The molecule has 0 radical (unpaired) electrons. The second-order valence-electron chi connectivity index (χ2n) is 8.33. The van der Waals surface area contributed by atoms with Crippen molar-refractivity contribution in [3.8, 4) is 5.75 Å². The molecule has 1 aliphatic heterocycles. The highest BCUT2D eigenvalue weighted by Crippen LogP contribution is 2.43. The predicted octanol–water partition coefficient (Wildman–Crippen LogP) is 6.01. The Kier molecular flexibility index (Phi) is 6.42. The Morgan fingerprint density at radius 2 is 1.88 bits per heavy atom. The average molecular weight is 510 g/mol. The van der Waals surface area contributed by atoms with Crippen molar-refractivity contribution in [2.45, 2.75) is 26.8 Å². The van der Waals surface area contributed by atoms with Crippen LogP contribution in [0, 0.1) is 12.8 Å². The van der Waals surface area contributed by atoms with Crippen molar-refractivity contribution in [1.82, 2.24) is 0 Å². The number of carbonyl (C=O) groups excluding carboxylic acids is 2. The first-order valence-corrected chi connectivity index (χ1v) is 11.4. The SMILES string of the molecule is Cc1ccc(C2/C(=C(/O)c3cccc(OCC(C)C)c3)C(=O)C(=O)N2c2cccc(Br)c2)o1. The fourth-order valence-electron chi connectivity index (χ4n) is 3.75. The van der Waals surface area contributed by atoms with E-state index < -0.39 is 17.7 Å². The number of benzene rings is 2. The lowest BCUT2D eigenvalue weighted by Crippen LogP contribution is -2.29. The molecule has 1 amide bonds. The molecule has 1 fully saturated rings. The molecule has 7 heteroatoms. The first kappa shape index (κ1) is 22.9. The summed E-state index contributed by atoms with van der Waals surface area (Å²) in [6.45, 7) is 6.38. The summed E-state index contributed by atoms with van der Waals surface area (Å²) in [6.07, 6.45) is 0. The summed E-state index contributed by atoms with van der Waals surface area (Å²) >= 11 is 3.42. The van der Waals surface area contributed by atoms with Crippen LogP contribution in [0.3, 0.4) is 0 Å². The van der Waals surface area contributed by atoms with Crippen LogP contribution in [-0.2, 0) is 9.59 Å². The smallest absolute Gasteiger partial charge is 0.300 e. The van der Waals surface area contributed by atoms with Gasteiger partial charge in [-0.2, -0.15) is 0 Å². The molecule has 2 aromatic carbocycles. The van der Waals surface area contributed by atoms with E-state index in [1.54, 1.807) is 61.5 Å². The van der Waals surface area contributed by atoms with Gasteiger partial charge in [-0.3, -0.25) is 14.5 Å². The molecule has 1 atom stereocenters. The molecular weight excluding hydrogens is 486 g/mol. The molecule has 1 aliphatic rings. The number of Topliss-reactive ketones (excluding diaryl/α,β-unsaturated/α-hetero) is 1. The standard InChI is InChI=1S/C26H24BrNO5/c1-15(2)14-32-20-9-4-6-17(12-20)24(29)22-23(21-11-10-16(3)33-21)28(26(31)25(22)30)19-8-5-7-18(27)13-19/h4-13,15,23,29H,14H2,1-3H3/b24-22-. The third-order valence-electron chi connectivity index (χ3n) is 5.25. The largest absolute Gasteiger partial charge is 0.507 e. The van der Waals surface area contributed by atoms with Gasteiger partial charge in [0.25, 0.3) is 11.7 Å². The Bertz CT molecular complexity index is 1240. The average Bonchev–Trinajstić information content (AvgIpc) is 3.33. The van der Waals surface area contributed by atoms with E-state index in [1.807, 2.05) is 19.9 Å². The number of hydrogen-bond donors (Lipinski definition) is 1. The van der Waals surface area contributed by atoms with Gasteiger partial charge in [-0.1, -0.05) is 48.0 Å². The van der Waals surface area contributed by atoms with Crippen LogP contribution in [0.25, 0.3) is 5.76 Å². The Balaban J connectivity index is 1.85. The molecule has 4 rings (SSSR count). The number of furan rings is 1. The maximum atomic E-state index is 13.2. The fraction of sp³-hybridized carbons (Fsp3) is 0.231. The first-order chi connectivity index (χ1) is 15.8. The minimum absolute atomic E-state index is 0.0321. The Morgan fingerprint density at radius 1 is 1.12 bits per heavy atom. The molecule has 33 heavy (non-hydrogen) atoms. The van der Waals surface area contributed by atoms with Crippen molar-refractivity contribution < 1.29 is 23.8 Å². The van der Waals surface area contributed by atoms with Crippen LogP contribution in [0.4, 0.5) is 5.69 Å². The molecule has 1 unspecified atom stereocenters. The number of aliphatic hydroxyl groups excluding tert-OH is 1. The van der Waals surface area contributed by atoms with Gasteiger partial charge in [0.15, 0.2) is 0 Å². The molecular formula is C26H24BrNO5. The minimum Gasteiger partial charge on any atom is -0.507 e. The van der Waals surface area contributed by atoms with Gasteiger partial charge in [0.1, 0.15) is 29.1 Å². The summed E-state index contributed by atoms with van der Waals surface area (Å²) in [7, 11) is 0. The van der Waals surface area contributed by atoms with Crippen LogP contribution in [0.2, 0.25) is 0 Å². The van der Waals surface area contributed by atoms with Crippen molar-refractivity contribution in [3.05, 3.63) is 87.8 Å². The molecule has 6 nitrogen and oxygen atoms in total. The van der Waals surface area contributed by atoms with E-state index in [4.69, 9.17) is 9.15 Å². The maximum absolute atomic E-state index is 13.2. The highest BCUT2D eigenvalue weighted by molar-refractivity contribution is 9.10. The zero-order chi connectivity index (χ0) is 23.7. The number of aryl methyl sites for hydroxylation is 1. The number of ketones is 1. The van der Waals surface area contributed by atoms with E-state index in [0.717, 1.165) is 4.47 Å². The van der Waals surface area contributed by atoms with Crippen molar-refractivity contribution in [3.63, 3.8) is 0 Å². The Hall–Kier alpha value is -3.32. The Labute approximate surface area is 200 Å². The molecule has 2 heterocycles. The monoisotopic (exact) mass is 509 g/mol. The zero-order valence-corrected chi connectivity index (χ0v) is 20.1. The molecule has 170 valence electrons. The van der Waals surface area contributed by atoms with Crippen LogP contribution < -0.4 is 9.64 Å². The summed E-state index contributed by atoms with van der Waals surface area (Å²) in [5.41, 5.74) is 0.866. The van der Waals surface area contributed by atoms with Crippen molar-refractivity contribution in [2.24, 2.45) is 5.92 Å². The predicted molar refractivity (Wildman–Crippen MR) is 129 cm³/mol. The fourth-order valence-corrected chi connectivity index (χ4v) is 4.13. The number of anilines is 1. The minimum atomic E-state index is -0.909. The summed E-state index contributed by atoms with van der Waals surface area (Å²) < 4.78 is 12.3. The Morgan fingerprint density at radius 3 is 2.55 bits per heavy atom. The third-order valence-corrected chi connectivity index (χ3v) is 5.75. The molecule has 0 bridgehead atoms. The molecule has 3 aromatic rings. The van der Waals surface area contributed by atoms with E-state index >= 15 is 0 Å². The van der Waals surface area contributed by atoms with Crippen LogP contribution in [-0.4, -0.2) is 23.4 Å². The lowest BCUT2D eigenvalue weighted by Gasteiger charge is -2.23. The number of ether oxygens (including phenoxy) is 1. The first-order valence-electron chi connectivity index (χ1n) is 10.6. The number of amides is 1. The highest BCUT2D eigenvalue weighted by Gasteiger charge is 2.48. The van der Waals surface area contributed by atoms with E-state index in [0.29, 0.717) is 41.0 Å². The van der Waals surface area contributed by atoms with Gasteiger partial charge >= 0.3 is 0 Å². The summed E-state index contributed by atoms with van der Waals surface area (Å²) in [6, 6.07) is 16.5. The molecule has 1 aromatic heterocycles. The molecule has 0 spiro atoms. The lowest BCUT2D eigenvalue weighted by atomic mass is 9.99. The van der Waals surface area contributed by atoms with Crippen LogP contribution in [0.5, 0.6) is 5.75 Å². The molecule has 1 N–H and O–H groups in total. The number of nitrogens with zero attached hydrogens (tertiary/aromatic N) is 1. The maximum Gasteiger partial charge on any atom is 0.300 e.